The molecule has 1 aliphatic rings. The average Bonchev–Trinajstić information content (AvgIpc) is 2.18. The van der Waals surface area contributed by atoms with E-state index in [-0.39, 0.29) is 5.97 Å². The lowest BCUT2D eigenvalue weighted by Crippen LogP contribution is -2.50. The van der Waals surface area contributed by atoms with Crippen LogP contribution in [0.15, 0.2) is 0 Å². The second-order valence-corrected chi connectivity index (χ2v) is 4.66. The van der Waals surface area contributed by atoms with Crippen LogP contribution in [0.1, 0.15) is 32.1 Å². The predicted molar refractivity (Wildman–Crippen MR) is 59.5 cm³/mol. The molecule has 0 atom stereocenters. The first-order chi connectivity index (χ1) is 7.04. The zero-order chi connectivity index (χ0) is 11.3. The van der Waals surface area contributed by atoms with Gasteiger partial charge in [-0.15, -0.1) is 0 Å². The fraction of sp³-hybridized carbons (Fsp3) is 0.909. The van der Waals surface area contributed by atoms with E-state index >= 15 is 0 Å². The second kappa shape index (κ2) is 5.47. The van der Waals surface area contributed by atoms with Gasteiger partial charge in [-0.1, -0.05) is 19.3 Å². The van der Waals surface area contributed by atoms with Gasteiger partial charge in [0.25, 0.3) is 0 Å². The molecule has 2 N–H and O–H groups in total. The Morgan fingerprint density at radius 3 is 2.47 bits per heavy atom. The van der Waals surface area contributed by atoms with Crippen LogP contribution in [0.3, 0.4) is 0 Å². The van der Waals surface area contributed by atoms with Crippen molar-refractivity contribution in [3.05, 3.63) is 0 Å². The molecule has 1 aliphatic carbocycles. The molecule has 1 saturated carbocycles. The van der Waals surface area contributed by atoms with Gasteiger partial charge >= 0.3 is 5.97 Å². The molecule has 0 radical (unpaired) electrons. The van der Waals surface area contributed by atoms with Crippen LogP contribution in [0.5, 0.6) is 0 Å². The number of carbonyl (C=O) groups excluding carboxylic acids is 1. The molecule has 0 aromatic rings. The minimum atomic E-state index is -0.704. The third-order valence-corrected chi connectivity index (χ3v) is 2.92. The Balaban J connectivity index is 2.31. The van der Waals surface area contributed by atoms with Crippen molar-refractivity contribution in [1.29, 1.82) is 0 Å². The van der Waals surface area contributed by atoms with Crippen molar-refractivity contribution in [2.75, 3.05) is 27.2 Å². The van der Waals surface area contributed by atoms with Crippen LogP contribution in [0.2, 0.25) is 0 Å². The minimum Gasteiger partial charge on any atom is -0.463 e. The van der Waals surface area contributed by atoms with Gasteiger partial charge in [0.1, 0.15) is 12.1 Å². The van der Waals surface area contributed by atoms with E-state index in [2.05, 4.69) is 0 Å². The molecule has 1 fully saturated rings. The fourth-order valence-electron chi connectivity index (χ4n) is 1.85. The highest BCUT2D eigenvalue weighted by molar-refractivity contribution is 5.80. The van der Waals surface area contributed by atoms with E-state index < -0.39 is 5.54 Å². The van der Waals surface area contributed by atoms with Crippen molar-refractivity contribution < 1.29 is 9.53 Å². The number of rotatable bonds is 4. The highest BCUT2D eigenvalue weighted by Crippen LogP contribution is 2.26. The Labute approximate surface area is 91.8 Å². The van der Waals surface area contributed by atoms with Crippen molar-refractivity contribution in [2.24, 2.45) is 5.73 Å². The lowest BCUT2D eigenvalue weighted by Gasteiger charge is -2.30. The number of esters is 1. The van der Waals surface area contributed by atoms with E-state index in [1.165, 1.54) is 6.42 Å². The monoisotopic (exact) mass is 214 g/mol. The van der Waals surface area contributed by atoms with E-state index in [4.69, 9.17) is 10.5 Å². The number of carbonyl (C=O) groups is 1. The zero-order valence-electron chi connectivity index (χ0n) is 9.79. The molecule has 15 heavy (non-hydrogen) atoms. The Kier molecular flexibility index (Phi) is 4.54. The Morgan fingerprint density at radius 1 is 1.33 bits per heavy atom. The van der Waals surface area contributed by atoms with Gasteiger partial charge in [-0.05, 0) is 26.9 Å². The van der Waals surface area contributed by atoms with E-state index in [1.54, 1.807) is 0 Å². The SMILES string of the molecule is CN(C)CCOC(=O)C1(N)CCCCC1. The number of hydrogen-bond donors (Lipinski definition) is 1. The maximum atomic E-state index is 11.7. The molecular weight excluding hydrogens is 192 g/mol. The normalized spacial score (nSPS) is 20.3. The van der Waals surface area contributed by atoms with E-state index in [1.807, 2.05) is 19.0 Å². The average molecular weight is 214 g/mol. The molecule has 0 saturated heterocycles. The Bertz CT molecular complexity index is 211. The summed E-state index contributed by atoms with van der Waals surface area (Å²) in [5.41, 5.74) is 5.33. The van der Waals surface area contributed by atoms with Gasteiger partial charge in [-0.25, -0.2) is 0 Å². The van der Waals surface area contributed by atoms with Crippen LogP contribution in [-0.2, 0) is 9.53 Å². The van der Waals surface area contributed by atoms with Gasteiger partial charge < -0.3 is 15.4 Å². The third kappa shape index (κ3) is 3.80. The Hall–Kier alpha value is -0.610. The van der Waals surface area contributed by atoms with Crippen LogP contribution < -0.4 is 5.73 Å². The molecule has 0 heterocycles. The molecule has 4 heteroatoms. The van der Waals surface area contributed by atoms with Crippen molar-refractivity contribution in [1.82, 2.24) is 4.90 Å². The molecule has 1 rings (SSSR count). The molecule has 4 nitrogen and oxygen atoms in total. The standard InChI is InChI=1S/C11H22N2O2/c1-13(2)8-9-15-10(14)11(12)6-4-3-5-7-11/h3-9,12H2,1-2H3. The van der Waals surface area contributed by atoms with Gasteiger partial charge in [0, 0.05) is 6.54 Å². The fourth-order valence-corrected chi connectivity index (χ4v) is 1.85. The smallest absolute Gasteiger partial charge is 0.326 e. The highest BCUT2D eigenvalue weighted by atomic mass is 16.5. The molecule has 0 amide bonds. The van der Waals surface area contributed by atoms with Gasteiger partial charge in [-0.3, -0.25) is 4.79 Å². The first-order valence-electron chi connectivity index (χ1n) is 5.65. The predicted octanol–water partition coefficient (Wildman–Crippen LogP) is 0.753. The van der Waals surface area contributed by atoms with E-state index in [9.17, 15) is 4.79 Å². The number of nitrogens with two attached hydrogens (primary N) is 1. The lowest BCUT2D eigenvalue weighted by molar-refractivity contribution is -0.151. The van der Waals surface area contributed by atoms with Crippen LogP contribution >= 0.6 is 0 Å². The third-order valence-electron chi connectivity index (χ3n) is 2.92. The van der Waals surface area contributed by atoms with Gasteiger partial charge in [0.2, 0.25) is 0 Å². The summed E-state index contributed by atoms with van der Waals surface area (Å²) in [6.07, 6.45) is 4.81. The summed E-state index contributed by atoms with van der Waals surface area (Å²) in [6, 6.07) is 0. The zero-order valence-corrected chi connectivity index (χ0v) is 9.79. The molecule has 0 aromatic carbocycles. The maximum absolute atomic E-state index is 11.7. The van der Waals surface area contributed by atoms with Crippen molar-refractivity contribution in [3.63, 3.8) is 0 Å². The number of nitrogens with zero attached hydrogens (tertiary/aromatic N) is 1. The van der Waals surface area contributed by atoms with Crippen LogP contribution in [-0.4, -0.2) is 43.7 Å². The number of likely N-dealkylation sites (N-methyl/N-ethyl adjacent to an activating group) is 1. The molecule has 0 bridgehead atoms. The van der Waals surface area contributed by atoms with Crippen LogP contribution in [0, 0.1) is 0 Å². The Morgan fingerprint density at radius 2 is 1.93 bits per heavy atom. The van der Waals surface area contributed by atoms with Crippen molar-refractivity contribution >= 4 is 5.97 Å². The second-order valence-electron chi connectivity index (χ2n) is 4.66. The topological polar surface area (TPSA) is 55.6 Å². The van der Waals surface area contributed by atoms with E-state index in [0.29, 0.717) is 6.61 Å². The van der Waals surface area contributed by atoms with Crippen LogP contribution in [0.4, 0.5) is 0 Å². The molecule has 0 aliphatic heterocycles. The molecule has 88 valence electrons. The van der Waals surface area contributed by atoms with Gasteiger partial charge in [-0.2, -0.15) is 0 Å². The lowest BCUT2D eigenvalue weighted by atomic mass is 9.83. The summed E-state index contributed by atoms with van der Waals surface area (Å²) in [5.74, 6) is -0.218. The molecular formula is C11H22N2O2. The van der Waals surface area contributed by atoms with Crippen LogP contribution in [0.25, 0.3) is 0 Å². The number of ether oxygens (including phenoxy) is 1. The first-order valence-corrected chi connectivity index (χ1v) is 5.65. The summed E-state index contributed by atoms with van der Waals surface area (Å²) in [5, 5.41) is 0. The summed E-state index contributed by atoms with van der Waals surface area (Å²) in [6.45, 7) is 1.19. The summed E-state index contributed by atoms with van der Waals surface area (Å²) in [7, 11) is 3.90. The summed E-state index contributed by atoms with van der Waals surface area (Å²) in [4.78, 5) is 13.7. The largest absolute Gasteiger partial charge is 0.463 e. The quantitative estimate of drug-likeness (QED) is 0.702. The maximum Gasteiger partial charge on any atom is 0.326 e. The van der Waals surface area contributed by atoms with E-state index in [0.717, 1.165) is 32.2 Å². The minimum absolute atomic E-state index is 0.218. The van der Waals surface area contributed by atoms with Gasteiger partial charge in [0.15, 0.2) is 0 Å². The molecule has 0 unspecified atom stereocenters. The summed E-state index contributed by atoms with van der Waals surface area (Å²) >= 11 is 0. The highest BCUT2D eigenvalue weighted by Gasteiger charge is 2.36. The summed E-state index contributed by atoms with van der Waals surface area (Å²) < 4.78 is 5.19. The van der Waals surface area contributed by atoms with Crippen molar-refractivity contribution in [2.45, 2.75) is 37.6 Å². The molecule has 0 aromatic heterocycles. The van der Waals surface area contributed by atoms with Gasteiger partial charge in [0.05, 0.1) is 0 Å². The molecule has 0 spiro atoms. The number of hydrogen-bond acceptors (Lipinski definition) is 4. The van der Waals surface area contributed by atoms with Crippen molar-refractivity contribution in [3.8, 4) is 0 Å². The first kappa shape index (κ1) is 12.5.